The van der Waals surface area contributed by atoms with Crippen molar-refractivity contribution in [3.8, 4) is 17.3 Å². The Morgan fingerprint density at radius 1 is 1.04 bits per heavy atom. The number of aromatic nitrogens is 3. The molecule has 2 aromatic heterocycles. The normalized spacial score (nSPS) is 11.5. The van der Waals surface area contributed by atoms with Crippen LogP contribution in [0.1, 0.15) is 11.1 Å². The van der Waals surface area contributed by atoms with Crippen LogP contribution in [0.4, 0.5) is 13.2 Å². The van der Waals surface area contributed by atoms with E-state index < -0.39 is 17.6 Å². The van der Waals surface area contributed by atoms with E-state index in [1.54, 1.807) is 24.3 Å². The number of halogens is 4. The zero-order chi connectivity index (χ0) is 19.6. The number of benzene rings is 1. The molecule has 27 heavy (non-hydrogen) atoms. The van der Waals surface area contributed by atoms with Gasteiger partial charge in [-0.15, -0.1) is 0 Å². The lowest BCUT2D eigenvalue weighted by Crippen LogP contribution is -2.13. The molecular weight excluding hydrogens is 443 g/mol. The van der Waals surface area contributed by atoms with Gasteiger partial charge in [0.15, 0.2) is 11.4 Å². The van der Waals surface area contributed by atoms with Gasteiger partial charge in [-0.3, -0.25) is 0 Å². The van der Waals surface area contributed by atoms with Crippen molar-refractivity contribution in [3.63, 3.8) is 0 Å². The van der Waals surface area contributed by atoms with Gasteiger partial charge in [0.25, 0.3) is 0 Å². The number of pyridine rings is 1. The van der Waals surface area contributed by atoms with Crippen LogP contribution < -0.4 is 4.74 Å². The molecule has 1 aromatic carbocycles. The summed E-state index contributed by atoms with van der Waals surface area (Å²) in [7, 11) is 1.15. The highest BCUT2D eigenvalue weighted by atomic mass is 79.9. The lowest BCUT2D eigenvalue weighted by molar-refractivity contribution is -0.141. The number of nitrogens with zero attached hydrogens (tertiary/aromatic N) is 3. The molecule has 0 fully saturated rings. The number of rotatable bonds is 4. The van der Waals surface area contributed by atoms with Crippen LogP contribution in [0.15, 0.2) is 57.1 Å². The first-order valence-corrected chi connectivity index (χ1v) is 9.28. The SMILES string of the molecule is COc1nc(-c2ccc(Br)nc2)nc(Sc2ccc(C)cc2)c1C(F)(F)F. The van der Waals surface area contributed by atoms with E-state index in [4.69, 9.17) is 4.74 Å². The van der Waals surface area contributed by atoms with Gasteiger partial charge in [-0.25, -0.2) is 9.97 Å². The highest BCUT2D eigenvalue weighted by molar-refractivity contribution is 9.10. The summed E-state index contributed by atoms with van der Waals surface area (Å²) in [5, 5.41) is -0.226. The molecule has 0 radical (unpaired) electrons. The molecule has 3 aromatic rings. The third-order valence-electron chi connectivity index (χ3n) is 3.54. The number of methoxy groups -OCH3 is 1. The second kappa shape index (κ2) is 7.85. The number of ether oxygens (including phenoxy) is 1. The van der Waals surface area contributed by atoms with Crippen molar-refractivity contribution >= 4 is 27.7 Å². The van der Waals surface area contributed by atoms with Crippen LogP contribution in [0.5, 0.6) is 5.88 Å². The summed E-state index contributed by atoms with van der Waals surface area (Å²) in [5.74, 6) is -0.417. The molecule has 0 amide bonds. The average Bonchev–Trinajstić information content (AvgIpc) is 2.62. The molecular formula is C18H13BrF3N3OS. The number of aryl methyl sites for hydroxylation is 1. The molecule has 0 aliphatic heterocycles. The van der Waals surface area contributed by atoms with Crippen molar-refractivity contribution in [1.29, 1.82) is 0 Å². The van der Waals surface area contributed by atoms with Gasteiger partial charge in [-0.05, 0) is 47.1 Å². The van der Waals surface area contributed by atoms with Crippen molar-refractivity contribution in [2.75, 3.05) is 7.11 Å². The summed E-state index contributed by atoms with van der Waals surface area (Å²) in [5.41, 5.74) is 0.498. The molecule has 0 spiro atoms. The van der Waals surface area contributed by atoms with Gasteiger partial charge in [0.2, 0.25) is 5.88 Å². The fourth-order valence-electron chi connectivity index (χ4n) is 2.24. The minimum absolute atomic E-state index is 0.106. The van der Waals surface area contributed by atoms with E-state index in [0.29, 0.717) is 15.1 Å². The van der Waals surface area contributed by atoms with Crippen LogP contribution in [0.25, 0.3) is 11.4 Å². The second-order valence-electron chi connectivity index (χ2n) is 5.52. The van der Waals surface area contributed by atoms with E-state index in [-0.39, 0.29) is 10.9 Å². The van der Waals surface area contributed by atoms with Gasteiger partial charge < -0.3 is 4.74 Å². The van der Waals surface area contributed by atoms with Gasteiger partial charge in [-0.2, -0.15) is 18.2 Å². The summed E-state index contributed by atoms with van der Waals surface area (Å²) in [4.78, 5) is 12.8. The zero-order valence-electron chi connectivity index (χ0n) is 14.2. The summed E-state index contributed by atoms with van der Waals surface area (Å²) in [6.45, 7) is 1.90. The molecule has 0 saturated carbocycles. The fraction of sp³-hybridized carbons (Fsp3) is 0.167. The number of alkyl halides is 3. The maximum absolute atomic E-state index is 13.7. The van der Waals surface area contributed by atoms with Crippen LogP contribution >= 0.6 is 27.7 Å². The smallest absolute Gasteiger partial charge is 0.424 e. The van der Waals surface area contributed by atoms with Crippen LogP contribution in [-0.2, 0) is 6.18 Å². The maximum Gasteiger partial charge on any atom is 0.424 e. The van der Waals surface area contributed by atoms with Crippen molar-refractivity contribution in [2.24, 2.45) is 0 Å². The van der Waals surface area contributed by atoms with Crippen molar-refractivity contribution < 1.29 is 17.9 Å². The van der Waals surface area contributed by atoms with Crippen molar-refractivity contribution in [3.05, 3.63) is 58.3 Å². The summed E-state index contributed by atoms with van der Waals surface area (Å²) in [6, 6.07) is 10.5. The molecule has 9 heteroatoms. The Kier molecular flexibility index (Phi) is 5.71. The molecule has 0 N–H and O–H groups in total. The number of hydrogen-bond donors (Lipinski definition) is 0. The van der Waals surface area contributed by atoms with Crippen LogP contribution in [0, 0.1) is 6.92 Å². The molecule has 0 aliphatic carbocycles. The van der Waals surface area contributed by atoms with E-state index >= 15 is 0 Å². The summed E-state index contributed by atoms with van der Waals surface area (Å²) in [6.07, 6.45) is -3.18. The van der Waals surface area contributed by atoms with Crippen molar-refractivity contribution in [2.45, 2.75) is 23.0 Å². The fourth-order valence-corrected chi connectivity index (χ4v) is 3.41. The Labute approximate surface area is 166 Å². The summed E-state index contributed by atoms with van der Waals surface area (Å²) < 4.78 is 46.5. The van der Waals surface area contributed by atoms with Crippen LogP contribution in [0.3, 0.4) is 0 Å². The van der Waals surface area contributed by atoms with E-state index in [1.165, 1.54) is 6.20 Å². The van der Waals surface area contributed by atoms with Crippen molar-refractivity contribution in [1.82, 2.24) is 15.0 Å². The molecule has 0 bridgehead atoms. The molecule has 0 atom stereocenters. The van der Waals surface area contributed by atoms with Crippen LogP contribution in [-0.4, -0.2) is 22.1 Å². The largest absolute Gasteiger partial charge is 0.480 e. The lowest BCUT2D eigenvalue weighted by atomic mass is 10.2. The minimum atomic E-state index is -4.66. The van der Waals surface area contributed by atoms with E-state index in [1.807, 2.05) is 19.1 Å². The quantitative estimate of drug-likeness (QED) is 0.368. The Morgan fingerprint density at radius 2 is 1.74 bits per heavy atom. The highest BCUT2D eigenvalue weighted by Crippen LogP contribution is 2.43. The predicted octanol–water partition coefficient (Wildman–Crippen LogP) is 5.79. The molecule has 0 aliphatic rings. The standard InChI is InChI=1S/C18H13BrF3N3OS/c1-10-3-6-12(7-4-10)27-17-14(18(20,21)22)16(26-2)24-15(25-17)11-5-8-13(19)23-9-11/h3-9H,1-2H3. The van der Waals surface area contributed by atoms with E-state index in [0.717, 1.165) is 24.4 Å². The Hall–Kier alpha value is -2.13. The average molecular weight is 456 g/mol. The first kappa shape index (κ1) is 19.6. The third kappa shape index (κ3) is 4.59. The van der Waals surface area contributed by atoms with E-state index in [2.05, 4.69) is 30.9 Å². The monoisotopic (exact) mass is 455 g/mol. The number of hydrogen-bond acceptors (Lipinski definition) is 5. The lowest BCUT2D eigenvalue weighted by Gasteiger charge is -2.16. The Morgan fingerprint density at radius 3 is 2.30 bits per heavy atom. The third-order valence-corrected chi connectivity index (χ3v) is 5.01. The molecule has 0 saturated heterocycles. The molecule has 4 nitrogen and oxygen atoms in total. The highest BCUT2D eigenvalue weighted by Gasteiger charge is 2.40. The maximum atomic E-state index is 13.7. The topological polar surface area (TPSA) is 47.9 Å². The molecule has 140 valence electrons. The van der Waals surface area contributed by atoms with Gasteiger partial charge in [0.05, 0.1) is 7.11 Å². The first-order valence-electron chi connectivity index (χ1n) is 7.67. The molecule has 2 heterocycles. The predicted molar refractivity (Wildman–Crippen MR) is 99.8 cm³/mol. The van der Waals surface area contributed by atoms with Gasteiger partial charge in [-0.1, -0.05) is 29.5 Å². The Balaban J connectivity index is 2.15. The van der Waals surface area contributed by atoms with Crippen LogP contribution in [0.2, 0.25) is 0 Å². The first-order chi connectivity index (χ1) is 12.8. The van der Waals surface area contributed by atoms with Gasteiger partial charge >= 0.3 is 6.18 Å². The van der Waals surface area contributed by atoms with Gasteiger partial charge in [0, 0.05) is 16.7 Å². The summed E-state index contributed by atoms with van der Waals surface area (Å²) >= 11 is 4.13. The minimum Gasteiger partial charge on any atom is -0.480 e. The zero-order valence-corrected chi connectivity index (χ0v) is 16.6. The Bertz CT molecular complexity index is 948. The van der Waals surface area contributed by atoms with Gasteiger partial charge in [0.1, 0.15) is 9.63 Å². The second-order valence-corrected chi connectivity index (χ2v) is 7.39. The molecule has 0 unspecified atom stereocenters. The van der Waals surface area contributed by atoms with E-state index in [9.17, 15) is 13.2 Å². The molecule has 3 rings (SSSR count).